The summed E-state index contributed by atoms with van der Waals surface area (Å²) in [6, 6.07) is 3.10. The summed E-state index contributed by atoms with van der Waals surface area (Å²) in [5.41, 5.74) is 0.295. The fourth-order valence-corrected chi connectivity index (χ4v) is 4.77. The summed E-state index contributed by atoms with van der Waals surface area (Å²) in [5, 5.41) is 2.64. The maximum atomic E-state index is 13.1. The number of rotatable bonds is 9. The molecule has 0 atom stereocenters. The van der Waals surface area contributed by atoms with Crippen molar-refractivity contribution in [3.8, 4) is 0 Å². The molecule has 1 aromatic carbocycles. The Morgan fingerprint density at radius 1 is 1.10 bits per heavy atom. The molecule has 1 saturated heterocycles. The van der Waals surface area contributed by atoms with Crippen molar-refractivity contribution in [2.45, 2.75) is 30.9 Å². The Morgan fingerprint density at radius 3 is 2.38 bits per heavy atom. The lowest BCUT2D eigenvalue weighted by Crippen LogP contribution is -2.42. The van der Waals surface area contributed by atoms with Gasteiger partial charge in [0.1, 0.15) is 11.6 Å². The molecule has 0 aromatic heterocycles. The molecule has 0 spiro atoms. The number of carbonyl (C=O) groups excluding carboxylic acids is 1. The molecular weight excluding hydrogens is 400 g/mol. The molecular formula is C20H27F2N3O3S. The van der Waals surface area contributed by atoms with E-state index in [-0.39, 0.29) is 11.2 Å². The van der Waals surface area contributed by atoms with Crippen LogP contribution in [-0.2, 0) is 14.8 Å². The first-order valence-electron chi connectivity index (χ1n) is 9.95. The Labute approximate surface area is 170 Å². The minimum Gasteiger partial charge on any atom is -0.352 e. The van der Waals surface area contributed by atoms with Gasteiger partial charge in [-0.2, -0.15) is 0 Å². The van der Waals surface area contributed by atoms with E-state index in [1.807, 2.05) is 0 Å². The highest BCUT2D eigenvalue weighted by Crippen LogP contribution is 2.27. The normalized spacial score (nSPS) is 19.0. The first-order chi connectivity index (χ1) is 13.8. The average molecular weight is 428 g/mol. The number of halogens is 2. The summed E-state index contributed by atoms with van der Waals surface area (Å²) in [5.74, 6) is -1.31. The molecule has 29 heavy (non-hydrogen) atoms. The molecule has 0 unspecified atom stereocenters. The van der Waals surface area contributed by atoms with Gasteiger partial charge < -0.3 is 10.2 Å². The summed E-state index contributed by atoms with van der Waals surface area (Å²) in [7, 11) is -3.12. The SMILES string of the molecule is O=C(C=Cc1cc(F)cc(F)c1)NCC1CCN(CCNS(=O)(=O)C2CC2)CC1. The fraction of sp³-hybridized carbons (Fsp3) is 0.550. The van der Waals surface area contributed by atoms with Crippen LogP contribution in [0.15, 0.2) is 24.3 Å². The summed E-state index contributed by atoms with van der Waals surface area (Å²) in [6.45, 7) is 3.40. The highest BCUT2D eigenvalue weighted by atomic mass is 32.2. The number of hydrogen-bond acceptors (Lipinski definition) is 4. The van der Waals surface area contributed by atoms with Crippen molar-refractivity contribution in [2.75, 3.05) is 32.7 Å². The minimum atomic E-state index is -3.12. The van der Waals surface area contributed by atoms with Crippen LogP contribution in [0.2, 0.25) is 0 Å². The zero-order valence-electron chi connectivity index (χ0n) is 16.2. The zero-order chi connectivity index (χ0) is 20.9. The standard InChI is InChI=1S/C20H27F2N3O3S/c21-17-11-16(12-18(22)13-17)1-4-20(26)23-14-15-5-8-25(9-6-15)10-7-24-29(27,28)19-2-3-19/h1,4,11-13,15,19,24H,2-3,5-10,14H2,(H,23,26). The molecule has 9 heteroatoms. The molecule has 1 saturated carbocycles. The maximum Gasteiger partial charge on any atom is 0.244 e. The molecule has 160 valence electrons. The monoisotopic (exact) mass is 427 g/mol. The van der Waals surface area contributed by atoms with Crippen LogP contribution in [0.5, 0.6) is 0 Å². The van der Waals surface area contributed by atoms with E-state index in [2.05, 4.69) is 14.9 Å². The van der Waals surface area contributed by atoms with Crippen molar-refractivity contribution in [1.82, 2.24) is 14.9 Å². The predicted octanol–water partition coefficient (Wildman–Crippen LogP) is 1.89. The van der Waals surface area contributed by atoms with Gasteiger partial charge in [0.05, 0.1) is 5.25 Å². The number of likely N-dealkylation sites (tertiary alicyclic amines) is 1. The fourth-order valence-electron chi connectivity index (χ4n) is 3.40. The topological polar surface area (TPSA) is 78.5 Å². The maximum absolute atomic E-state index is 13.1. The second kappa shape index (κ2) is 9.77. The lowest BCUT2D eigenvalue weighted by Gasteiger charge is -2.31. The number of sulfonamides is 1. The second-order valence-corrected chi connectivity index (χ2v) is 9.75. The lowest BCUT2D eigenvalue weighted by atomic mass is 9.97. The van der Waals surface area contributed by atoms with E-state index in [0.29, 0.717) is 31.1 Å². The Hall–Kier alpha value is -1.84. The first-order valence-corrected chi connectivity index (χ1v) is 11.5. The molecule has 3 rings (SSSR count). The second-order valence-electron chi connectivity index (χ2n) is 7.70. The average Bonchev–Trinajstić information content (AvgIpc) is 3.51. The van der Waals surface area contributed by atoms with Crippen LogP contribution in [0.1, 0.15) is 31.2 Å². The zero-order valence-corrected chi connectivity index (χ0v) is 17.1. The molecule has 2 fully saturated rings. The van der Waals surface area contributed by atoms with E-state index in [9.17, 15) is 22.0 Å². The third kappa shape index (κ3) is 7.17. The molecule has 1 aliphatic carbocycles. The molecule has 2 N–H and O–H groups in total. The van der Waals surface area contributed by atoms with Crippen LogP contribution < -0.4 is 10.0 Å². The molecule has 1 amide bonds. The highest BCUT2D eigenvalue weighted by Gasteiger charge is 2.35. The van der Waals surface area contributed by atoms with Crippen LogP contribution in [-0.4, -0.2) is 57.2 Å². The van der Waals surface area contributed by atoms with Crippen molar-refractivity contribution in [2.24, 2.45) is 5.92 Å². The van der Waals surface area contributed by atoms with Crippen LogP contribution in [0.25, 0.3) is 6.08 Å². The predicted molar refractivity (Wildman–Crippen MR) is 108 cm³/mol. The van der Waals surface area contributed by atoms with Crippen molar-refractivity contribution >= 4 is 22.0 Å². The van der Waals surface area contributed by atoms with Crippen molar-refractivity contribution in [3.05, 3.63) is 41.5 Å². The van der Waals surface area contributed by atoms with Gasteiger partial charge in [-0.1, -0.05) is 0 Å². The van der Waals surface area contributed by atoms with Crippen LogP contribution in [0.3, 0.4) is 0 Å². The number of nitrogens with zero attached hydrogens (tertiary/aromatic N) is 1. The van der Waals surface area contributed by atoms with Gasteiger partial charge in [0.15, 0.2) is 0 Å². The van der Waals surface area contributed by atoms with E-state index in [4.69, 9.17) is 0 Å². The Bertz CT molecular complexity index is 828. The van der Waals surface area contributed by atoms with Gasteiger partial charge in [-0.15, -0.1) is 0 Å². The van der Waals surface area contributed by atoms with Crippen LogP contribution in [0.4, 0.5) is 8.78 Å². The Balaban J connectivity index is 1.32. The molecule has 0 radical (unpaired) electrons. The molecule has 1 aromatic rings. The van der Waals surface area contributed by atoms with Gasteiger partial charge in [0, 0.05) is 31.8 Å². The Morgan fingerprint density at radius 2 is 1.76 bits per heavy atom. The largest absolute Gasteiger partial charge is 0.352 e. The van der Waals surface area contributed by atoms with E-state index < -0.39 is 21.7 Å². The van der Waals surface area contributed by atoms with Gasteiger partial charge in [-0.3, -0.25) is 4.79 Å². The van der Waals surface area contributed by atoms with Gasteiger partial charge in [-0.25, -0.2) is 21.9 Å². The highest BCUT2D eigenvalue weighted by molar-refractivity contribution is 7.90. The first kappa shape index (κ1) is 21.9. The van der Waals surface area contributed by atoms with Gasteiger partial charge >= 0.3 is 0 Å². The summed E-state index contributed by atoms with van der Waals surface area (Å²) < 4.78 is 52.5. The molecule has 1 aliphatic heterocycles. The van der Waals surface area contributed by atoms with Gasteiger partial charge in [0.2, 0.25) is 15.9 Å². The molecule has 1 heterocycles. The number of piperidine rings is 1. The third-order valence-corrected chi connectivity index (χ3v) is 7.23. The van der Waals surface area contributed by atoms with Crippen molar-refractivity contribution in [3.63, 3.8) is 0 Å². The quantitative estimate of drug-likeness (QED) is 0.590. The van der Waals surface area contributed by atoms with Crippen LogP contribution in [0, 0.1) is 17.6 Å². The number of hydrogen-bond donors (Lipinski definition) is 2. The number of carbonyl (C=O) groups is 1. The molecule has 2 aliphatic rings. The number of amides is 1. The third-order valence-electron chi connectivity index (χ3n) is 5.28. The summed E-state index contributed by atoms with van der Waals surface area (Å²) >= 11 is 0. The van der Waals surface area contributed by atoms with Gasteiger partial charge in [0.25, 0.3) is 0 Å². The van der Waals surface area contributed by atoms with E-state index >= 15 is 0 Å². The Kier molecular flexibility index (Phi) is 7.37. The molecule has 6 nitrogen and oxygen atoms in total. The lowest BCUT2D eigenvalue weighted by molar-refractivity contribution is -0.116. The van der Waals surface area contributed by atoms with Crippen LogP contribution >= 0.6 is 0 Å². The molecule has 0 bridgehead atoms. The van der Waals surface area contributed by atoms with E-state index in [0.717, 1.165) is 57.0 Å². The summed E-state index contributed by atoms with van der Waals surface area (Å²) in [4.78, 5) is 14.2. The number of nitrogens with one attached hydrogen (secondary N) is 2. The van der Waals surface area contributed by atoms with Gasteiger partial charge in [-0.05, 0) is 68.5 Å². The van der Waals surface area contributed by atoms with Crippen molar-refractivity contribution in [1.29, 1.82) is 0 Å². The van der Waals surface area contributed by atoms with E-state index in [1.54, 1.807) is 0 Å². The number of benzene rings is 1. The smallest absolute Gasteiger partial charge is 0.244 e. The van der Waals surface area contributed by atoms with Crippen molar-refractivity contribution < 1.29 is 22.0 Å². The minimum absolute atomic E-state index is 0.189. The van der Waals surface area contributed by atoms with E-state index in [1.165, 1.54) is 12.2 Å². The summed E-state index contributed by atoms with van der Waals surface area (Å²) in [6.07, 6.45) is 6.03.